The van der Waals surface area contributed by atoms with E-state index in [0.717, 1.165) is 0 Å². The number of carbonyl (C=O) groups excluding carboxylic acids is 1. The lowest BCUT2D eigenvalue weighted by Crippen LogP contribution is -2.53. The summed E-state index contributed by atoms with van der Waals surface area (Å²) < 4.78 is 5.30. The van der Waals surface area contributed by atoms with E-state index in [9.17, 15) is 4.79 Å². The molecule has 0 spiro atoms. The van der Waals surface area contributed by atoms with Crippen LogP contribution in [0.4, 0.5) is 4.79 Å². The molecule has 0 saturated carbocycles. The number of hydrogen-bond acceptors (Lipinski definition) is 4. The van der Waals surface area contributed by atoms with Gasteiger partial charge >= 0.3 is 6.03 Å². The molecule has 1 fully saturated rings. The fourth-order valence-electron chi connectivity index (χ4n) is 1.44. The lowest BCUT2D eigenvalue weighted by Gasteiger charge is -2.34. The van der Waals surface area contributed by atoms with Gasteiger partial charge in [0.05, 0.1) is 13.2 Å². The largest absolute Gasteiger partial charge is 0.409 e. The molecule has 1 rings (SSSR count). The number of oxime groups is 1. The fourth-order valence-corrected chi connectivity index (χ4v) is 1.44. The lowest BCUT2D eigenvalue weighted by molar-refractivity contribution is 0.0143. The number of nitrogens with two attached hydrogens (primary N) is 1. The van der Waals surface area contributed by atoms with Crippen LogP contribution < -0.4 is 5.73 Å². The minimum Gasteiger partial charge on any atom is -0.409 e. The van der Waals surface area contributed by atoms with Crippen molar-refractivity contribution in [2.24, 2.45) is 10.9 Å². The van der Waals surface area contributed by atoms with Crippen LogP contribution in [0.3, 0.4) is 0 Å². The number of rotatable bonds is 2. The Balaban J connectivity index is 2.60. The molecular formula is C9H18N4O3. The van der Waals surface area contributed by atoms with Gasteiger partial charge in [0.15, 0.2) is 5.84 Å². The van der Waals surface area contributed by atoms with Gasteiger partial charge in [-0.15, -0.1) is 0 Å². The number of amidine groups is 1. The maximum absolute atomic E-state index is 11.8. The van der Waals surface area contributed by atoms with Gasteiger partial charge in [-0.25, -0.2) is 4.79 Å². The summed E-state index contributed by atoms with van der Waals surface area (Å²) in [6.07, 6.45) is -0.520. The number of nitrogens with zero attached hydrogens (tertiary/aromatic N) is 3. The van der Waals surface area contributed by atoms with Crippen molar-refractivity contribution in [3.63, 3.8) is 0 Å². The first-order chi connectivity index (χ1) is 7.60. The first kappa shape index (κ1) is 12.6. The molecule has 1 unspecified atom stereocenters. The highest BCUT2D eigenvalue weighted by atomic mass is 16.5. The quantitative estimate of drug-likeness (QED) is 0.290. The molecule has 3 N–H and O–H groups in total. The van der Waals surface area contributed by atoms with E-state index in [1.54, 1.807) is 16.8 Å². The summed E-state index contributed by atoms with van der Waals surface area (Å²) in [5, 5.41) is 11.4. The second-order valence-corrected chi connectivity index (χ2v) is 3.63. The Bertz CT molecular complexity index is 282. The van der Waals surface area contributed by atoms with Crippen LogP contribution in [0.1, 0.15) is 6.92 Å². The van der Waals surface area contributed by atoms with Crippen molar-refractivity contribution in [2.45, 2.75) is 13.0 Å². The van der Waals surface area contributed by atoms with Gasteiger partial charge < -0.3 is 25.5 Å². The van der Waals surface area contributed by atoms with Crippen molar-refractivity contribution in [2.75, 3.05) is 33.3 Å². The normalized spacial score (nSPS) is 22.0. The molecule has 7 heteroatoms. The predicted octanol–water partition coefficient (Wildman–Crippen LogP) is -0.495. The number of hydrogen-bond donors (Lipinski definition) is 2. The molecule has 0 aliphatic carbocycles. The number of amides is 2. The molecule has 0 aromatic carbocycles. The highest BCUT2D eigenvalue weighted by molar-refractivity contribution is 5.85. The van der Waals surface area contributed by atoms with Gasteiger partial charge in [-0.2, -0.15) is 0 Å². The van der Waals surface area contributed by atoms with Crippen molar-refractivity contribution in [3.8, 4) is 0 Å². The minimum atomic E-state index is -0.520. The Hall–Kier alpha value is -1.50. The van der Waals surface area contributed by atoms with Crippen molar-refractivity contribution in [3.05, 3.63) is 0 Å². The summed E-state index contributed by atoms with van der Waals surface area (Å²) in [7, 11) is 1.73. The van der Waals surface area contributed by atoms with Gasteiger partial charge in [0.2, 0.25) is 0 Å². The topological polar surface area (TPSA) is 91.4 Å². The molecule has 0 bridgehead atoms. The first-order valence-electron chi connectivity index (χ1n) is 5.19. The van der Waals surface area contributed by atoms with Crippen molar-refractivity contribution in [1.29, 1.82) is 0 Å². The molecule has 0 aromatic rings. The average Bonchev–Trinajstić information content (AvgIpc) is 2.36. The number of urea groups is 1. The summed E-state index contributed by atoms with van der Waals surface area (Å²) in [6, 6.07) is -0.0680. The summed E-state index contributed by atoms with van der Waals surface area (Å²) in [4.78, 5) is 15.1. The standard InChI is InChI=1S/C9H18N4O3/c1-3-12(2)9(14)13-4-5-16-7(6-13)8(10)11-15/h7,15H,3-6H2,1-2H3,(H2,10,11). The molecule has 1 saturated heterocycles. The zero-order valence-electron chi connectivity index (χ0n) is 9.59. The second-order valence-electron chi connectivity index (χ2n) is 3.63. The SMILES string of the molecule is CCN(C)C(=O)N1CCOC(C(N)=NO)C1. The third-order valence-electron chi connectivity index (χ3n) is 2.58. The van der Waals surface area contributed by atoms with E-state index < -0.39 is 6.10 Å². The summed E-state index contributed by atoms with van der Waals surface area (Å²) in [5.74, 6) is -0.00310. The van der Waals surface area contributed by atoms with Gasteiger partial charge in [-0.1, -0.05) is 5.16 Å². The van der Waals surface area contributed by atoms with Crippen LogP contribution in [-0.2, 0) is 4.74 Å². The Morgan fingerprint density at radius 2 is 2.44 bits per heavy atom. The molecular weight excluding hydrogens is 212 g/mol. The van der Waals surface area contributed by atoms with E-state index in [-0.39, 0.29) is 11.9 Å². The lowest BCUT2D eigenvalue weighted by atomic mass is 10.2. The van der Waals surface area contributed by atoms with Crippen LogP contribution >= 0.6 is 0 Å². The summed E-state index contributed by atoms with van der Waals surface area (Å²) in [5.41, 5.74) is 5.44. The third-order valence-corrected chi connectivity index (χ3v) is 2.58. The Kier molecular flexibility index (Phi) is 4.36. The highest BCUT2D eigenvalue weighted by Gasteiger charge is 2.28. The van der Waals surface area contributed by atoms with E-state index >= 15 is 0 Å². The van der Waals surface area contributed by atoms with Crippen LogP contribution in [0, 0.1) is 0 Å². The maximum atomic E-state index is 11.8. The molecule has 1 atom stereocenters. The smallest absolute Gasteiger partial charge is 0.319 e. The first-order valence-corrected chi connectivity index (χ1v) is 5.19. The van der Waals surface area contributed by atoms with E-state index in [1.807, 2.05) is 6.92 Å². The summed E-state index contributed by atoms with van der Waals surface area (Å²) >= 11 is 0. The van der Waals surface area contributed by atoms with Gasteiger partial charge in [0, 0.05) is 20.1 Å². The monoisotopic (exact) mass is 230 g/mol. The van der Waals surface area contributed by atoms with E-state index in [2.05, 4.69) is 5.16 Å². The molecule has 1 aliphatic rings. The van der Waals surface area contributed by atoms with Crippen LogP contribution in [0.5, 0.6) is 0 Å². The molecule has 0 aromatic heterocycles. The molecule has 16 heavy (non-hydrogen) atoms. The average molecular weight is 230 g/mol. The van der Waals surface area contributed by atoms with Crippen molar-refractivity contribution < 1.29 is 14.7 Å². The Morgan fingerprint density at radius 3 is 3.00 bits per heavy atom. The Morgan fingerprint density at radius 1 is 1.75 bits per heavy atom. The minimum absolute atomic E-state index is 0.00310. The Labute approximate surface area is 94.4 Å². The predicted molar refractivity (Wildman–Crippen MR) is 58.4 cm³/mol. The van der Waals surface area contributed by atoms with E-state index in [4.69, 9.17) is 15.7 Å². The van der Waals surface area contributed by atoms with E-state index in [1.165, 1.54) is 0 Å². The van der Waals surface area contributed by atoms with E-state index in [0.29, 0.717) is 26.2 Å². The molecule has 92 valence electrons. The summed E-state index contributed by atoms with van der Waals surface area (Å²) in [6.45, 7) is 3.78. The van der Waals surface area contributed by atoms with Gasteiger partial charge in [-0.05, 0) is 6.92 Å². The molecule has 1 heterocycles. The second kappa shape index (κ2) is 5.55. The van der Waals surface area contributed by atoms with Crippen molar-refractivity contribution >= 4 is 11.9 Å². The van der Waals surface area contributed by atoms with Gasteiger partial charge in [0.1, 0.15) is 6.10 Å². The van der Waals surface area contributed by atoms with Gasteiger partial charge in [-0.3, -0.25) is 0 Å². The highest BCUT2D eigenvalue weighted by Crippen LogP contribution is 2.07. The zero-order chi connectivity index (χ0) is 12.1. The van der Waals surface area contributed by atoms with Crippen LogP contribution in [-0.4, -0.2) is 66.3 Å². The molecule has 0 radical (unpaired) electrons. The maximum Gasteiger partial charge on any atom is 0.319 e. The van der Waals surface area contributed by atoms with Gasteiger partial charge in [0.25, 0.3) is 0 Å². The number of ether oxygens (including phenoxy) is 1. The van der Waals surface area contributed by atoms with Crippen LogP contribution in [0.15, 0.2) is 5.16 Å². The third kappa shape index (κ3) is 2.75. The van der Waals surface area contributed by atoms with Crippen molar-refractivity contribution in [1.82, 2.24) is 9.80 Å². The van der Waals surface area contributed by atoms with Crippen LogP contribution in [0.25, 0.3) is 0 Å². The number of carbonyl (C=O) groups is 1. The fraction of sp³-hybridized carbons (Fsp3) is 0.778. The number of morpholine rings is 1. The molecule has 2 amide bonds. The molecule has 7 nitrogen and oxygen atoms in total. The van der Waals surface area contributed by atoms with Crippen LogP contribution in [0.2, 0.25) is 0 Å². The molecule has 1 aliphatic heterocycles. The zero-order valence-corrected chi connectivity index (χ0v) is 9.59.